The Morgan fingerprint density at radius 3 is 2.37 bits per heavy atom. The second-order valence-electron chi connectivity index (χ2n) is 12.1. The summed E-state index contributed by atoms with van der Waals surface area (Å²) in [5.74, 6) is -1.17. The van der Waals surface area contributed by atoms with E-state index in [1.807, 2.05) is 26.0 Å². The molecule has 0 spiro atoms. The number of anilines is 2. The summed E-state index contributed by atoms with van der Waals surface area (Å²) in [5.41, 5.74) is 4.71. The number of aromatic nitrogens is 2. The Morgan fingerprint density at radius 2 is 1.70 bits per heavy atom. The van der Waals surface area contributed by atoms with Crippen molar-refractivity contribution in [2.24, 2.45) is 5.92 Å². The van der Waals surface area contributed by atoms with Crippen LogP contribution in [0.15, 0.2) is 64.5 Å². The molecule has 2 aliphatic heterocycles. The minimum atomic E-state index is -3.65. The lowest BCUT2D eigenvalue weighted by molar-refractivity contribution is -0.138. The third-order valence-electron chi connectivity index (χ3n) is 8.20. The number of hydrogen-bond acceptors (Lipinski definition) is 8. The molecule has 0 saturated carbocycles. The molecule has 12 heteroatoms. The fraction of sp³-hybridized carbons (Fsp3) is 0.324. The molecular weight excluding hydrogens is 606 g/mol. The average Bonchev–Trinajstić information content (AvgIpc) is 2.98. The molecule has 0 radical (unpaired) electrons. The molecular formula is C34H37N5O6S. The number of carbonyl (C=O) groups excluding carboxylic acids is 3. The van der Waals surface area contributed by atoms with Gasteiger partial charge in [0.2, 0.25) is 11.8 Å². The molecule has 2 aliphatic rings. The first kappa shape index (κ1) is 32.6. The highest BCUT2D eigenvalue weighted by atomic mass is 32.2. The maximum absolute atomic E-state index is 14.1. The Kier molecular flexibility index (Phi) is 9.11. The van der Waals surface area contributed by atoms with Gasteiger partial charge in [0, 0.05) is 36.5 Å². The van der Waals surface area contributed by atoms with Crippen LogP contribution in [-0.2, 0) is 37.2 Å². The summed E-state index contributed by atoms with van der Waals surface area (Å²) in [6, 6.07) is 12.5. The van der Waals surface area contributed by atoms with Gasteiger partial charge in [-0.15, -0.1) is 0 Å². The van der Waals surface area contributed by atoms with Crippen molar-refractivity contribution in [3.8, 4) is 0 Å². The number of amides is 2. The van der Waals surface area contributed by atoms with Crippen LogP contribution in [0, 0.1) is 19.8 Å². The SMILES string of the molecule is Cc1cc2cc(C)c1CN(C(=O)C(C)C)CC(=O)Nc1ccc(S(C)(=O)=O)c(c1)CCC(=O)C2Nc1ccc2nc[nH]c(=O)c2c1. The van der Waals surface area contributed by atoms with Crippen LogP contribution in [0.2, 0.25) is 0 Å². The number of carbonyl (C=O) groups is 3. The van der Waals surface area contributed by atoms with Gasteiger partial charge >= 0.3 is 0 Å². The number of H-pyrrole nitrogens is 1. The van der Waals surface area contributed by atoms with Crippen LogP contribution < -0.4 is 16.2 Å². The van der Waals surface area contributed by atoms with Gasteiger partial charge in [0.1, 0.15) is 12.6 Å². The Morgan fingerprint density at radius 1 is 0.978 bits per heavy atom. The fourth-order valence-corrected chi connectivity index (χ4v) is 6.83. The van der Waals surface area contributed by atoms with E-state index in [1.54, 1.807) is 38.1 Å². The number of hydrogen-bond donors (Lipinski definition) is 3. The molecule has 46 heavy (non-hydrogen) atoms. The van der Waals surface area contributed by atoms with E-state index in [9.17, 15) is 27.6 Å². The van der Waals surface area contributed by atoms with E-state index in [0.29, 0.717) is 33.4 Å². The highest BCUT2D eigenvalue weighted by Gasteiger charge is 2.27. The second-order valence-corrected chi connectivity index (χ2v) is 14.1. The number of sulfone groups is 1. The fourth-order valence-electron chi connectivity index (χ4n) is 5.88. The summed E-state index contributed by atoms with van der Waals surface area (Å²) in [5, 5.41) is 6.48. The van der Waals surface area contributed by atoms with Gasteiger partial charge in [0.15, 0.2) is 15.6 Å². The van der Waals surface area contributed by atoms with Crippen molar-refractivity contribution < 1.29 is 22.8 Å². The molecule has 0 saturated heterocycles. The van der Waals surface area contributed by atoms with Gasteiger partial charge in [-0.3, -0.25) is 19.2 Å². The molecule has 3 aromatic carbocycles. The quantitative estimate of drug-likeness (QED) is 0.298. The zero-order valence-electron chi connectivity index (χ0n) is 26.4. The maximum Gasteiger partial charge on any atom is 0.258 e. The van der Waals surface area contributed by atoms with Gasteiger partial charge in [0.25, 0.3) is 5.56 Å². The summed E-state index contributed by atoms with van der Waals surface area (Å²) in [4.78, 5) is 61.3. The number of nitrogens with zero attached hydrogens (tertiary/aromatic N) is 2. The zero-order valence-corrected chi connectivity index (χ0v) is 27.2. The molecule has 2 amide bonds. The molecule has 6 rings (SSSR count). The van der Waals surface area contributed by atoms with Crippen LogP contribution in [0.1, 0.15) is 54.1 Å². The molecule has 3 heterocycles. The van der Waals surface area contributed by atoms with Crippen molar-refractivity contribution in [1.29, 1.82) is 0 Å². The third kappa shape index (κ3) is 7.02. The van der Waals surface area contributed by atoms with E-state index in [1.165, 1.54) is 23.4 Å². The van der Waals surface area contributed by atoms with Crippen LogP contribution in [-0.4, -0.2) is 53.7 Å². The third-order valence-corrected chi connectivity index (χ3v) is 9.40. The van der Waals surface area contributed by atoms with E-state index in [4.69, 9.17) is 0 Å². The molecule has 4 bridgehead atoms. The summed E-state index contributed by atoms with van der Waals surface area (Å²) in [7, 11) is -3.65. The predicted molar refractivity (Wildman–Crippen MR) is 176 cm³/mol. The second kappa shape index (κ2) is 12.9. The van der Waals surface area contributed by atoms with Crippen LogP contribution >= 0.6 is 0 Å². The zero-order chi connectivity index (χ0) is 33.3. The van der Waals surface area contributed by atoms with Crippen LogP contribution in [0.4, 0.5) is 11.4 Å². The predicted octanol–water partition coefficient (Wildman–Crippen LogP) is 4.24. The van der Waals surface area contributed by atoms with Gasteiger partial charge in [-0.1, -0.05) is 26.0 Å². The lowest BCUT2D eigenvalue weighted by Crippen LogP contribution is -2.40. The Hall–Kier alpha value is -4.84. The molecule has 1 atom stereocenters. The number of rotatable bonds is 4. The summed E-state index contributed by atoms with van der Waals surface area (Å²) < 4.78 is 25.3. The number of ketones is 1. The first-order chi connectivity index (χ1) is 21.7. The van der Waals surface area contributed by atoms with E-state index in [0.717, 1.165) is 22.9 Å². The number of benzene rings is 3. The van der Waals surface area contributed by atoms with Gasteiger partial charge in [0.05, 0.1) is 22.1 Å². The molecule has 4 aromatic rings. The number of Topliss-reactive ketones (excluding diaryl/α,β-unsaturated/α-hetero) is 1. The molecule has 1 unspecified atom stereocenters. The van der Waals surface area contributed by atoms with Crippen LogP contribution in [0.3, 0.4) is 0 Å². The summed E-state index contributed by atoms with van der Waals surface area (Å²) in [6.07, 6.45) is 2.51. The van der Waals surface area contributed by atoms with E-state index >= 15 is 0 Å². The minimum absolute atomic E-state index is 0.0101. The number of aromatic amines is 1. The topological polar surface area (TPSA) is 158 Å². The highest BCUT2D eigenvalue weighted by molar-refractivity contribution is 7.90. The lowest BCUT2D eigenvalue weighted by atomic mass is 9.91. The average molecular weight is 644 g/mol. The van der Waals surface area contributed by atoms with Crippen molar-refractivity contribution >= 4 is 49.7 Å². The normalized spacial score (nSPS) is 16.1. The highest BCUT2D eigenvalue weighted by Crippen LogP contribution is 2.30. The van der Waals surface area contributed by atoms with E-state index < -0.39 is 21.8 Å². The monoisotopic (exact) mass is 643 g/mol. The largest absolute Gasteiger partial charge is 0.372 e. The Labute approximate surface area is 267 Å². The number of fused-ring (bicyclic) bond motifs is 10. The molecule has 3 N–H and O–H groups in total. The maximum atomic E-state index is 14.1. The van der Waals surface area contributed by atoms with E-state index in [2.05, 4.69) is 20.6 Å². The number of nitrogens with one attached hydrogen (secondary N) is 3. The molecule has 1 aromatic heterocycles. The number of aryl methyl sites for hydroxylation is 3. The van der Waals surface area contributed by atoms with Gasteiger partial charge in [-0.05, 0) is 84.5 Å². The minimum Gasteiger partial charge on any atom is -0.372 e. The Balaban J connectivity index is 1.63. The summed E-state index contributed by atoms with van der Waals surface area (Å²) in [6.45, 7) is 7.35. The van der Waals surface area contributed by atoms with Gasteiger partial charge in [-0.25, -0.2) is 13.4 Å². The van der Waals surface area contributed by atoms with Crippen molar-refractivity contribution in [3.05, 3.63) is 93.0 Å². The van der Waals surface area contributed by atoms with Gasteiger partial charge in [-0.2, -0.15) is 0 Å². The van der Waals surface area contributed by atoms with Crippen molar-refractivity contribution in [2.75, 3.05) is 23.4 Å². The smallest absolute Gasteiger partial charge is 0.258 e. The van der Waals surface area contributed by atoms with Gasteiger partial charge < -0.3 is 20.5 Å². The standard InChI is InChI=1S/C34H37N5O6S/c1-19(2)34(43)39-16-27-20(3)12-23(13-21(27)4)32(38-25-7-9-28-26(15-25)33(42)36-18-35-28)29(40)10-6-22-14-24(37-31(41)17-39)8-11-30(22)46(5,44)45/h7-9,11-15,18-19,32,38H,6,10,16-17H2,1-5H3,(H,37,41)(H,35,36,42). The van der Waals surface area contributed by atoms with E-state index in [-0.39, 0.29) is 54.0 Å². The molecule has 0 fully saturated rings. The summed E-state index contributed by atoms with van der Waals surface area (Å²) >= 11 is 0. The first-order valence-corrected chi connectivity index (χ1v) is 16.9. The molecule has 0 aliphatic carbocycles. The molecule has 240 valence electrons. The lowest BCUT2D eigenvalue weighted by Gasteiger charge is -2.27. The van der Waals surface area contributed by atoms with Crippen molar-refractivity contribution in [3.63, 3.8) is 0 Å². The van der Waals surface area contributed by atoms with Crippen molar-refractivity contribution in [1.82, 2.24) is 14.9 Å². The van der Waals surface area contributed by atoms with Crippen LogP contribution in [0.5, 0.6) is 0 Å². The Bertz CT molecular complexity index is 2010. The first-order valence-electron chi connectivity index (χ1n) is 15.0. The van der Waals surface area contributed by atoms with Crippen LogP contribution in [0.25, 0.3) is 10.9 Å². The van der Waals surface area contributed by atoms with Crippen molar-refractivity contribution in [2.45, 2.75) is 58.0 Å². The molecule has 11 nitrogen and oxygen atoms in total.